The molecule has 0 aliphatic rings. The fourth-order valence-electron chi connectivity index (χ4n) is 0.547. The van der Waals surface area contributed by atoms with Gasteiger partial charge in [-0.2, -0.15) is 0 Å². The van der Waals surface area contributed by atoms with E-state index in [1.165, 1.54) is 0 Å². The van der Waals surface area contributed by atoms with Gasteiger partial charge in [0.1, 0.15) is 0 Å². The molecule has 0 aliphatic heterocycles. The summed E-state index contributed by atoms with van der Waals surface area (Å²) in [4.78, 5) is 0. The van der Waals surface area contributed by atoms with Gasteiger partial charge in [-0.3, -0.25) is 0 Å². The molecule has 0 aliphatic carbocycles. The Bertz CT molecular complexity index is 92.9. The summed E-state index contributed by atoms with van der Waals surface area (Å²) in [5.74, 6) is 0. The largest absolute Gasteiger partial charge is 0.392 e. The van der Waals surface area contributed by atoms with Gasteiger partial charge in [0.25, 0.3) is 0 Å². The van der Waals surface area contributed by atoms with E-state index < -0.39 is 0 Å². The number of aliphatic hydroxyl groups is 4. The second kappa shape index (κ2) is 5.37. The van der Waals surface area contributed by atoms with Crippen LogP contribution in [0, 0.1) is 0 Å². The number of hydrogen-bond acceptors (Lipinski definition) is 4. The SMILES string of the molecule is OCC(CO)=C(CO)CO. The molecule has 0 aromatic rings. The summed E-state index contributed by atoms with van der Waals surface area (Å²) in [6.07, 6.45) is 0. The van der Waals surface area contributed by atoms with Crippen molar-refractivity contribution in [2.45, 2.75) is 0 Å². The van der Waals surface area contributed by atoms with E-state index in [0.29, 0.717) is 0 Å². The predicted molar refractivity (Wildman–Crippen MR) is 35.4 cm³/mol. The third kappa shape index (κ3) is 2.45. The van der Waals surface area contributed by atoms with Gasteiger partial charge in [0, 0.05) is 0 Å². The Balaban J connectivity index is 4.20. The molecule has 4 N–H and O–H groups in total. The van der Waals surface area contributed by atoms with E-state index in [9.17, 15) is 0 Å². The van der Waals surface area contributed by atoms with Gasteiger partial charge in [-0.05, 0) is 11.1 Å². The van der Waals surface area contributed by atoms with Gasteiger partial charge in [-0.15, -0.1) is 0 Å². The summed E-state index contributed by atoms with van der Waals surface area (Å²) in [7, 11) is 0. The minimum absolute atomic E-state index is 0.282. The fourth-order valence-corrected chi connectivity index (χ4v) is 0.547. The van der Waals surface area contributed by atoms with Crippen molar-refractivity contribution in [2.75, 3.05) is 26.4 Å². The van der Waals surface area contributed by atoms with Crippen LogP contribution < -0.4 is 0 Å². The first-order valence-corrected chi connectivity index (χ1v) is 2.93. The minimum Gasteiger partial charge on any atom is -0.392 e. The van der Waals surface area contributed by atoms with Gasteiger partial charge >= 0.3 is 0 Å². The monoisotopic (exact) mass is 148 g/mol. The van der Waals surface area contributed by atoms with Crippen molar-refractivity contribution >= 4 is 0 Å². The van der Waals surface area contributed by atoms with Crippen molar-refractivity contribution in [3.63, 3.8) is 0 Å². The Morgan fingerprint density at radius 1 is 0.600 bits per heavy atom. The van der Waals surface area contributed by atoms with Crippen LogP contribution >= 0.6 is 0 Å². The van der Waals surface area contributed by atoms with Crippen molar-refractivity contribution < 1.29 is 20.4 Å². The van der Waals surface area contributed by atoms with Crippen LogP contribution in [-0.2, 0) is 0 Å². The van der Waals surface area contributed by atoms with Crippen molar-refractivity contribution in [3.8, 4) is 0 Å². The molecule has 4 heteroatoms. The van der Waals surface area contributed by atoms with Crippen LogP contribution in [0.25, 0.3) is 0 Å². The molecule has 0 rings (SSSR count). The first-order valence-electron chi connectivity index (χ1n) is 2.93. The molecular formula is C6H12O4. The van der Waals surface area contributed by atoms with E-state index in [0.717, 1.165) is 0 Å². The summed E-state index contributed by atoms with van der Waals surface area (Å²) < 4.78 is 0. The molecule has 0 unspecified atom stereocenters. The third-order valence-electron chi connectivity index (χ3n) is 1.26. The van der Waals surface area contributed by atoms with Crippen LogP contribution in [0.1, 0.15) is 0 Å². The zero-order chi connectivity index (χ0) is 7.98. The Kier molecular flexibility index (Phi) is 5.15. The Labute approximate surface area is 59.1 Å². The van der Waals surface area contributed by atoms with E-state index in [1.807, 2.05) is 0 Å². The predicted octanol–water partition coefficient (Wildman–Crippen LogP) is -1.75. The second-order valence-electron chi connectivity index (χ2n) is 1.84. The fraction of sp³-hybridized carbons (Fsp3) is 0.667. The normalized spacial score (nSPS) is 9.60. The molecule has 0 aromatic heterocycles. The molecule has 0 bridgehead atoms. The summed E-state index contributed by atoms with van der Waals surface area (Å²) in [6.45, 7) is -1.31. The molecule has 10 heavy (non-hydrogen) atoms. The van der Waals surface area contributed by atoms with Crippen LogP contribution in [-0.4, -0.2) is 46.9 Å². The Morgan fingerprint density at radius 2 is 0.800 bits per heavy atom. The second-order valence-corrected chi connectivity index (χ2v) is 1.84. The van der Waals surface area contributed by atoms with Crippen molar-refractivity contribution in [1.82, 2.24) is 0 Å². The molecule has 0 fully saturated rings. The topological polar surface area (TPSA) is 80.9 Å². The molecule has 0 atom stereocenters. The summed E-state index contributed by atoms with van der Waals surface area (Å²) in [5.41, 5.74) is 0.565. The third-order valence-corrected chi connectivity index (χ3v) is 1.26. The van der Waals surface area contributed by atoms with E-state index in [1.54, 1.807) is 0 Å². The van der Waals surface area contributed by atoms with Crippen molar-refractivity contribution in [2.24, 2.45) is 0 Å². The molecule has 0 spiro atoms. The van der Waals surface area contributed by atoms with Crippen LogP contribution in [0.5, 0.6) is 0 Å². The smallest absolute Gasteiger partial charge is 0.0668 e. The van der Waals surface area contributed by atoms with Crippen molar-refractivity contribution in [3.05, 3.63) is 11.1 Å². The van der Waals surface area contributed by atoms with Gasteiger partial charge in [-0.1, -0.05) is 0 Å². The van der Waals surface area contributed by atoms with Gasteiger partial charge in [-0.25, -0.2) is 0 Å². The van der Waals surface area contributed by atoms with E-state index >= 15 is 0 Å². The molecule has 0 aromatic carbocycles. The lowest BCUT2D eigenvalue weighted by Crippen LogP contribution is -2.07. The van der Waals surface area contributed by atoms with Gasteiger partial charge in [0.05, 0.1) is 26.4 Å². The lowest BCUT2D eigenvalue weighted by Gasteiger charge is -2.05. The van der Waals surface area contributed by atoms with Gasteiger partial charge < -0.3 is 20.4 Å². The number of aliphatic hydroxyl groups excluding tert-OH is 4. The highest BCUT2D eigenvalue weighted by Gasteiger charge is 2.01. The lowest BCUT2D eigenvalue weighted by molar-refractivity contribution is 0.245. The zero-order valence-electron chi connectivity index (χ0n) is 5.62. The molecule has 0 radical (unpaired) electrons. The van der Waals surface area contributed by atoms with Gasteiger partial charge in [0.15, 0.2) is 0 Å². The summed E-state index contributed by atoms with van der Waals surface area (Å²) in [6, 6.07) is 0. The lowest BCUT2D eigenvalue weighted by atomic mass is 10.1. The minimum atomic E-state index is -0.326. The van der Waals surface area contributed by atoms with Gasteiger partial charge in [0.2, 0.25) is 0 Å². The molecular weight excluding hydrogens is 136 g/mol. The summed E-state index contributed by atoms with van der Waals surface area (Å²) in [5, 5.41) is 34.1. The highest BCUT2D eigenvalue weighted by atomic mass is 16.3. The highest BCUT2D eigenvalue weighted by Crippen LogP contribution is 2.00. The molecule has 4 nitrogen and oxygen atoms in total. The molecule has 60 valence electrons. The average Bonchev–Trinajstić information content (AvgIpc) is 2.00. The maximum atomic E-state index is 8.52. The maximum Gasteiger partial charge on any atom is 0.0668 e. The zero-order valence-corrected chi connectivity index (χ0v) is 5.62. The van der Waals surface area contributed by atoms with Crippen molar-refractivity contribution in [1.29, 1.82) is 0 Å². The van der Waals surface area contributed by atoms with Crippen LogP contribution in [0.2, 0.25) is 0 Å². The quantitative estimate of drug-likeness (QED) is 0.356. The first-order chi connectivity index (χ1) is 4.79. The standard InChI is InChI=1S/C6H12O4/c7-1-5(2-8)6(3-9)4-10/h7-10H,1-4H2. The average molecular weight is 148 g/mol. The highest BCUT2D eigenvalue weighted by molar-refractivity contribution is 5.15. The van der Waals surface area contributed by atoms with Crippen LogP contribution in [0.4, 0.5) is 0 Å². The molecule has 0 heterocycles. The molecule has 0 saturated heterocycles. The van der Waals surface area contributed by atoms with Crippen LogP contribution in [0.15, 0.2) is 11.1 Å². The first kappa shape index (κ1) is 9.58. The van der Waals surface area contributed by atoms with Crippen LogP contribution in [0.3, 0.4) is 0 Å². The number of rotatable bonds is 4. The Morgan fingerprint density at radius 3 is 0.900 bits per heavy atom. The molecule has 0 saturated carbocycles. The summed E-state index contributed by atoms with van der Waals surface area (Å²) >= 11 is 0. The maximum absolute atomic E-state index is 8.52. The number of hydrogen-bond donors (Lipinski definition) is 4. The van der Waals surface area contributed by atoms with E-state index in [2.05, 4.69) is 0 Å². The van der Waals surface area contributed by atoms with E-state index in [4.69, 9.17) is 20.4 Å². The molecule has 0 amide bonds. The Hall–Kier alpha value is -0.420. The van der Waals surface area contributed by atoms with E-state index in [-0.39, 0.29) is 37.6 Å².